The number of sulfonamides is 1. The third-order valence-electron chi connectivity index (χ3n) is 4.79. The smallest absolute Gasteiger partial charge is 0.265 e. The average Bonchev–Trinajstić information content (AvgIpc) is 2.70. The van der Waals surface area contributed by atoms with Crippen molar-refractivity contribution in [3.63, 3.8) is 0 Å². The normalized spacial score (nSPS) is 15.1. The predicted octanol–water partition coefficient (Wildman–Crippen LogP) is 4.67. The first-order valence-corrected chi connectivity index (χ1v) is 11.0. The lowest BCUT2D eigenvalue weighted by Gasteiger charge is -2.21. The summed E-state index contributed by atoms with van der Waals surface area (Å²) in [5.74, 6) is 0.0964. The Labute approximate surface area is 170 Å². The van der Waals surface area contributed by atoms with E-state index < -0.39 is 10.0 Å². The molecule has 28 heavy (non-hydrogen) atoms. The molecule has 0 unspecified atom stereocenters. The Kier molecular flexibility index (Phi) is 6.46. The number of benzene rings is 2. The van der Waals surface area contributed by atoms with Crippen molar-refractivity contribution in [2.45, 2.75) is 37.0 Å². The van der Waals surface area contributed by atoms with Crippen LogP contribution in [0.3, 0.4) is 0 Å². The molecular formula is C20H23ClN2O4S. The highest BCUT2D eigenvalue weighted by molar-refractivity contribution is 7.92. The minimum absolute atomic E-state index is 0.0249. The molecular weight excluding hydrogens is 400 g/mol. The number of nitrogens with one attached hydrogen (secondary N) is 2. The van der Waals surface area contributed by atoms with Crippen molar-refractivity contribution < 1.29 is 17.9 Å². The molecule has 6 nitrogen and oxygen atoms in total. The number of methoxy groups -OCH3 is 1. The van der Waals surface area contributed by atoms with E-state index in [0.717, 1.165) is 32.1 Å². The van der Waals surface area contributed by atoms with Gasteiger partial charge in [-0.15, -0.1) is 0 Å². The van der Waals surface area contributed by atoms with Crippen molar-refractivity contribution in [3.05, 3.63) is 47.5 Å². The maximum atomic E-state index is 12.9. The molecule has 3 rings (SSSR count). The molecule has 0 aromatic heterocycles. The quantitative estimate of drug-likeness (QED) is 0.708. The summed E-state index contributed by atoms with van der Waals surface area (Å²) in [6.45, 7) is 0. The largest absolute Gasteiger partial charge is 0.495 e. The Morgan fingerprint density at radius 1 is 1.04 bits per heavy atom. The summed E-state index contributed by atoms with van der Waals surface area (Å²) in [7, 11) is -2.52. The number of carbonyl (C=O) groups excluding carboxylic acids is 1. The lowest BCUT2D eigenvalue weighted by atomic mass is 9.88. The number of amides is 1. The van der Waals surface area contributed by atoms with E-state index in [9.17, 15) is 13.2 Å². The molecule has 8 heteroatoms. The lowest BCUT2D eigenvalue weighted by molar-refractivity contribution is -0.120. The minimum atomic E-state index is -3.92. The van der Waals surface area contributed by atoms with Gasteiger partial charge in [0.25, 0.3) is 10.0 Å². The number of rotatable bonds is 6. The minimum Gasteiger partial charge on any atom is -0.495 e. The van der Waals surface area contributed by atoms with Crippen LogP contribution in [0.4, 0.5) is 11.4 Å². The van der Waals surface area contributed by atoms with Crippen LogP contribution in [0, 0.1) is 5.92 Å². The molecule has 1 saturated carbocycles. The van der Waals surface area contributed by atoms with Crippen molar-refractivity contribution in [2.75, 3.05) is 17.1 Å². The van der Waals surface area contributed by atoms with Crippen molar-refractivity contribution in [2.24, 2.45) is 5.92 Å². The van der Waals surface area contributed by atoms with E-state index in [0.29, 0.717) is 16.4 Å². The number of hydrogen-bond donors (Lipinski definition) is 2. The van der Waals surface area contributed by atoms with Gasteiger partial charge < -0.3 is 10.1 Å². The van der Waals surface area contributed by atoms with Gasteiger partial charge in [0.1, 0.15) is 10.6 Å². The Morgan fingerprint density at radius 2 is 1.68 bits per heavy atom. The summed E-state index contributed by atoms with van der Waals surface area (Å²) < 4.78 is 33.5. The molecule has 2 N–H and O–H groups in total. The molecule has 150 valence electrons. The first-order chi connectivity index (χ1) is 13.4. The molecule has 0 bridgehead atoms. The second kappa shape index (κ2) is 8.84. The topological polar surface area (TPSA) is 84.5 Å². The fourth-order valence-corrected chi connectivity index (χ4v) is 4.68. The molecule has 1 aliphatic carbocycles. The first kappa shape index (κ1) is 20.5. The highest BCUT2D eigenvalue weighted by Crippen LogP contribution is 2.30. The molecule has 0 radical (unpaired) electrons. The van der Waals surface area contributed by atoms with Gasteiger partial charge in [0.05, 0.1) is 7.11 Å². The zero-order chi connectivity index (χ0) is 20.1. The van der Waals surface area contributed by atoms with E-state index in [1.54, 1.807) is 30.3 Å². The standard InChI is InChI=1S/C20H23ClN2O4S/c1-27-18-12-11-17(22-20(24)14-5-3-2-4-6-14)13-19(18)28(25,26)23-16-9-7-15(21)8-10-16/h7-14,23H,2-6H2,1H3,(H,22,24). The van der Waals surface area contributed by atoms with Crippen LogP contribution in [0.1, 0.15) is 32.1 Å². The summed E-state index contributed by atoms with van der Waals surface area (Å²) >= 11 is 5.84. The second-order valence-electron chi connectivity index (χ2n) is 6.80. The Balaban J connectivity index is 1.83. The highest BCUT2D eigenvalue weighted by Gasteiger charge is 2.24. The van der Waals surface area contributed by atoms with Crippen molar-refractivity contribution in [3.8, 4) is 5.75 Å². The third kappa shape index (κ3) is 4.97. The number of ether oxygens (including phenoxy) is 1. The molecule has 2 aromatic carbocycles. The number of hydrogen-bond acceptors (Lipinski definition) is 4. The van der Waals surface area contributed by atoms with Gasteiger partial charge >= 0.3 is 0 Å². The van der Waals surface area contributed by atoms with Crippen LogP contribution in [0.5, 0.6) is 5.75 Å². The molecule has 0 saturated heterocycles. The lowest BCUT2D eigenvalue weighted by Crippen LogP contribution is -2.25. The monoisotopic (exact) mass is 422 g/mol. The summed E-state index contributed by atoms with van der Waals surface area (Å²) in [5, 5.41) is 3.35. The van der Waals surface area contributed by atoms with E-state index in [1.165, 1.54) is 19.2 Å². The van der Waals surface area contributed by atoms with Crippen molar-refractivity contribution in [1.82, 2.24) is 0 Å². The maximum Gasteiger partial charge on any atom is 0.265 e. The molecule has 0 spiro atoms. The van der Waals surface area contributed by atoms with E-state index in [1.807, 2.05) is 0 Å². The molecule has 1 amide bonds. The summed E-state index contributed by atoms with van der Waals surface area (Å²) in [6.07, 6.45) is 4.98. The van der Waals surface area contributed by atoms with E-state index in [2.05, 4.69) is 10.0 Å². The first-order valence-electron chi connectivity index (χ1n) is 9.16. The zero-order valence-electron chi connectivity index (χ0n) is 15.6. The van der Waals surface area contributed by atoms with Crippen LogP contribution >= 0.6 is 11.6 Å². The van der Waals surface area contributed by atoms with Crippen LogP contribution in [0.2, 0.25) is 5.02 Å². The fraction of sp³-hybridized carbons (Fsp3) is 0.350. The van der Waals surface area contributed by atoms with Gasteiger partial charge in [-0.1, -0.05) is 30.9 Å². The van der Waals surface area contributed by atoms with E-state index >= 15 is 0 Å². The summed E-state index contributed by atoms with van der Waals surface area (Å²) in [5.41, 5.74) is 0.802. The van der Waals surface area contributed by atoms with E-state index in [-0.39, 0.29) is 22.5 Å². The van der Waals surface area contributed by atoms with Crippen LogP contribution in [-0.4, -0.2) is 21.4 Å². The van der Waals surface area contributed by atoms with Gasteiger partial charge in [-0.3, -0.25) is 9.52 Å². The third-order valence-corrected chi connectivity index (χ3v) is 6.45. The SMILES string of the molecule is COc1ccc(NC(=O)C2CCCCC2)cc1S(=O)(=O)Nc1ccc(Cl)cc1. The highest BCUT2D eigenvalue weighted by atomic mass is 35.5. The Hall–Kier alpha value is -2.25. The molecule has 0 heterocycles. The summed E-state index contributed by atoms with van der Waals surface area (Å²) in [6, 6.07) is 10.9. The number of carbonyl (C=O) groups is 1. The molecule has 0 atom stereocenters. The van der Waals surface area contributed by atoms with Gasteiger partial charge in [0.15, 0.2) is 0 Å². The molecule has 1 fully saturated rings. The molecule has 1 aliphatic rings. The molecule has 0 aliphatic heterocycles. The van der Waals surface area contributed by atoms with Gasteiger partial charge in [-0.25, -0.2) is 8.42 Å². The van der Waals surface area contributed by atoms with Crippen molar-refractivity contribution >= 4 is 38.9 Å². The molecule has 2 aromatic rings. The van der Waals surface area contributed by atoms with Crippen molar-refractivity contribution in [1.29, 1.82) is 0 Å². The zero-order valence-corrected chi connectivity index (χ0v) is 17.1. The predicted molar refractivity (Wildman–Crippen MR) is 110 cm³/mol. The second-order valence-corrected chi connectivity index (χ2v) is 8.89. The number of anilines is 2. The Morgan fingerprint density at radius 3 is 2.32 bits per heavy atom. The van der Waals surface area contributed by atoms with Gasteiger partial charge in [0.2, 0.25) is 5.91 Å². The average molecular weight is 423 g/mol. The maximum absolute atomic E-state index is 12.9. The van der Waals surface area contributed by atoms with E-state index in [4.69, 9.17) is 16.3 Å². The Bertz CT molecular complexity index is 939. The van der Waals surface area contributed by atoms with Gasteiger partial charge in [0, 0.05) is 22.3 Å². The summed E-state index contributed by atoms with van der Waals surface area (Å²) in [4.78, 5) is 12.4. The van der Waals surface area contributed by atoms with Crippen LogP contribution in [-0.2, 0) is 14.8 Å². The van der Waals surface area contributed by atoms with Crippen LogP contribution in [0.25, 0.3) is 0 Å². The number of halogens is 1. The van der Waals surface area contributed by atoms with Gasteiger partial charge in [-0.05, 0) is 55.3 Å². The fourth-order valence-electron chi connectivity index (χ4n) is 3.30. The van der Waals surface area contributed by atoms with Crippen LogP contribution in [0.15, 0.2) is 47.4 Å². The van der Waals surface area contributed by atoms with Crippen LogP contribution < -0.4 is 14.8 Å². The van der Waals surface area contributed by atoms with Gasteiger partial charge in [-0.2, -0.15) is 0 Å².